The smallest absolute Gasteiger partial charge is 0.266 e. The van der Waals surface area contributed by atoms with Gasteiger partial charge in [0, 0.05) is 12.1 Å². The molecule has 1 aliphatic rings. The van der Waals surface area contributed by atoms with Crippen LogP contribution < -0.4 is 9.47 Å². The molecule has 1 atom stereocenters. The highest BCUT2D eigenvalue weighted by Gasteiger charge is 2.32. The predicted molar refractivity (Wildman–Crippen MR) is 115 cm³/mol. The lowest BCUT2D eigenvalue weighted by Crippen LogP contribution is -2.30. The molecule has 29 heavy (non-hydrogen) atoms. The number of aromatic nitrogens is 1. The fraction of sp³-hybridized carbons (Fsp3) is 0.304. The van der Waals surface area contributed by atoms with E-state index in [4.69, 9.17) is 9.47 Å². The van der Waals surface area contributed by atoms with Gasteiger partial charge in [0.25, 0.3) is 5.91 Å². The van der Waals surface area contributed by atoms with Crippen LogP contribution in [0.3, 0.4) is 0 Å². The molecule has 4 rings (SSSR count). The number of rotatable bonds is 5. The summed E-state index contributed by atoms with van der Waals surface area (Å²) in [6, 6.07) is 15.9. The molecular weight excluding hydrogens is 384 g/mol. The van der Waals surface area contributed by atoms with Crippen molar-refractivity contribution >= 4 is 17.2 Å². The van der Waals surface area contributed by atoms with E-state index in [1.807, 2.05) is 48.2 Å². The molecule has 0 aliphatic carbocycles. The molecule has 5 nitrogen and oxygen atoms in total. The summed E-state index contributed by atoms with van der Waals surface area (Å²) in [6.07, 6.45) is 1.98. The molecule has 6 heteroatoms. The van der Waals surface area contributed by atoms with Crippen molar-refractivity contribution in [3.05, 3.63) is 64.7 Å². The highest BCUT2D eigenvalue weighted by Crippen LogP contribution is 2.36. The van der Waals surface area contributed by atoms with Gasteiger partial charge in [-0.05, 0) is 61.7 Å². The summed E-state index contributed by atoms with van der Waals surface area (Å²) in [5.41, 5.74) is 2.92. The van der Waals surface area contributed by atoms with Crippen LogP contribution in [-0.4, -0.2) is 36.6 Å². The molecule has 150 valence electrons. The van der Waals surface area contributed by atoms with Gasteiger partial charge in [-0.25, -0.2) is 4.98 Å². The average molecular weight is 409 g/mol. The summed E-state index contributed by atoms with van der Waals surface area (Å²) < 4.78 is 10.5. The van der Waals surface area contributed by atoms with Gasteiger partial charge >= 0.3 is 0 Å². The molecule has 0 radical (unpaired) electrons. The van der Waals surface area contributed by atoms with Crippen LogP contribution in [0.4, 0.5) is 0 Å². The second kappa shape index (κ2) is 8.25. The molecular formula is C23H24N2O3S. The van der Waals surface area contributed by atoms with Gasteiger partial charge in [-0.3, -0.25) is 4.79 Å². The van der Waals surface area contributed by atoms with Crippen LogP contribution in [0.5, 0.6) is 11.5 Å². The fourth-order valence-electron chi connectivity index (χ4n) is 3.76. The van der Waals surface area contributed by atoms with Crippen molar-refractivity contribution in [1.82, 2.24) is 9.88 Å². The van der Waals surface area contributed by atoms with Crippen LogP contribution in [0.2, 0.25) is 0 Å². The fourth-order valence-corrected chi connectivity index (χ4v) is 4.79. The minimum Gasteiger partial charge on any atom is -0.497 e. The summed E-state index contributed by atoms with van der Waals surface area (Å²) in [6.45, 7) is 2.68. The lowest BCUT2D eigenvalue weighted by molar-refractivity contribution is 0.0739. The number of ether oxygens (including phenoxy) is 2. The molecule has 0 bridgehead atoms. The van der Waals surface area contributed by atoms with E-state index in [0.717, 1.165) is 57.6 Å². The Balaban J connectivity index is 1.58. The van der Waals surface area contributed by atoms with E-state index in [2.05, 4.69) is 17.1 Å². The zero-order chi connectivity index (χ0) is 20.4. The Hall–Kier alpha value is -2.86. The molecule has 3 aromatic rings. The summed E-state index contributed by atoms with van der Waals surface area (Å²) in [7, 11) is 3.31. The monoisotopic (exact) mass is 408 g/mol. The Labute approximate surface area is 174 Å². The number of carbonyl (C=O) groups excluding carboxylic acids is 1. The van der Waals surface area contributed by atoms with Crippen LogP contribution >= 0.6 is 11.3 Å². The van der Waals surface area contributed by atoms with E-state index in [1.54, 1.807) is 14.2 Å². The lowest BCUT2D eigenvalue weighted by Gasteiger charge is -2.25. The normalized spacial score (nSPS) is 16.1. The summed E-state index contributed by atoms with van der Waals surface area (Å²) in [4.78, 5) is 20.7. The van der Waals surface area contributed by atoms with Gasteiger partial charge < -0.3 is 14.4 Å². The van der Waals surface area contributed by atoms with Crippen molar-refractivity contribution < 1.29 is 14.3 Å². The van der Waals surface area contributed by atoms with Gasteiger partial charge in [-0.2, -0.15) is 0 Å². The van der Waals surface area contributed by atoms with E-state index in [0.29, 0.717) is 0 Å². The maximum atomic E-state index is 13.4. The number of aryl methyl sites for hydroxylation is 1. The number of carbonyl (C=O) groups is 1. The van der Waals surface area contributed by atoms with Gasteiger partial charge in [0.2, 0.25) is 0 Å². The Morgan fingerprint density at radius 1 is 1.03 bits per heavy atom. The van der Waals surface area contributed by atoms with Crippen LogP contribution in [0, 0.1) is 6.92 Å². The van der Waals surface area contributed by atoms with Gasteiger partial charge in [0.05, 0.1) is 26.0 Å². The number of methoxy groups -OCH3 is 2. The summed E-state index contributed by atoms with van der Waals surface area (Å²) >= 11 is 1.46. The lowest BCUT2D eigenvalue weighted by atomic mass is 10.0. The first-order chi connectivity index (χ1) is 14.1. The summed E-state index contributed by atoms with van der Waals surface area (Å²) in [5, 5.41) is 0.855. The van der Waals surface area contributed by atoms with Gasteiger partial charge in [0.15, 0.2) is 0 Å². The molecule has 0 saturated carbocycles. The number of thiazole rings is 1. The third-order valence-corrected chi connectivity index (χ3v) is 6.54. The number of hydrogen-bond donors (Lipinski definition) is 0. The number of nitrogens with zero attached hydrogens (tertiary/aromatic N) is 2. The maximum Gasteiger partial charge on any atom is 0.266 e. The molecule has 0 spiro atoms. The van der Waals surface area contributed by atoms with Crippen LogP contribution in [-0.2, 0) is 0 Å². The van der Waals surface area contributed by atoms with E-state index < -0.39 is 0 Å². The first-order valence-electron chi connectivity index (χ1n) is 9.67. The molecule has 1 aliphatic heterocycles. The van der Waals surface area contributed by atoms with Crippen molar-refractivity contribution in [2.24, 2.45) is 0 Å². The number of likely N-dealkylation sites (tertiary alicyclic amines) is 1. The average Bonchev–Trinajstić information content (AvgIpc) is 3.40. The molecule has 1 amide bonds. The first kappa shape index (κ1) is 19.5. The van der Waals surface area contributed by atoms with E-state index >= 15 is 0 Å². The van der Waals surface area contributed by atoms with Gasteiger partial charge in [-0.1, -0.05) is 12.1 Å². The van der Waals surface area contributed by atoms with Gasteiger partial charge in [-0.15, -0.1) is 11.3 Å². The Morgan fingerprint density at radius 2 is 1.66 bits per heavy atom. The Bertz CT molecular complexity index is 996. The van der Waals surface area contributed by atoms with Crippen molar-refractivity contribution in [2.45, 2.75) is 25.8 Å². The molecule has 1 aromatic heterocycles. The Morgan fingerprint density at radius 3 is 2.28 bits per heavy atom. The standard InChI is InChI=1S/C23H24N2O3S/c1-15-21(29-22(24-15)17-8-12-19(28-3)13-9-17)23(26)25-14-4-5-20(25)16-6-10-18(27-2)11-7-16/h6-13,20H,4-5,14H2,1-3H3. The van der Waals surface area contributed by atoms with Crippen LogP contribution in [0.15, 0.2) is 48.5 Å². The van der Waals surface area contributed by atoms with Crippen LogP contribution in [0.1, 0.15) is 39.8 Å². The van der Waals surface area contributed by atoms with E-state index in [1.165, 1.54) is 11.3 Å². The maximum absolute atomic E-state index is 13.4. The third kappa shape index (κ3) is 3.85. The first-order valence-corrected chi connectivity index (χ1v) is 10.5. The minimum absolute atomic E-state index is 0.0677. The zero-order valence-electron chi connectivity index (χ0n) is 16.8. The molecule has 1 fully saturated rings. The second-order valence-corrected chi connectivity index (χ2v) is 8.09. The Kier molecular flexibility index (Phi) is 5.53. The molecule has 1 unspecified atom stereocenters. The predicted octanol–water partition coefficient (Wildman–Crippen LogP) is 5.11. The minimum atomic E-state index is 0.0677. The zero-order valence-corrected chi connectivity index (χ0v) is 17.7. The van der Waals surface area contributed by atoms with Gasteiger partial charge in [0.1, 0.15) is 21.4 Å². The SMILES string of the molecule is COc1ccc(-c2nc(C)c(C(=O)N3CCCC3c3ccc(OC)cc3)s2)cc1. The highest BCUT2D eigenvalue weighted by atomic mass is 32.1. The highest BCUT2D eigenvalue weighted by molar-refractivity contribution is 7.17. The molecule has 0 N–H and O–H groups in total. The van der Waals surface area contributed by atoms with Crippen molar-refractivity contribution in [1.29, 1.82) is 0 Å². The molecule has 1 saturated heterocycles. The van der Waals surface area contributed by atoms with E-state index in [9.17, 15) is 4.79 Å². The van der Waals surface area contributed by atoms with Crippen molar-refractivity contribution in [3.8, 4) is 22.1 Å². The van der Waals surface area contributed by atoms with E-state index in [-0.39, 0.29) is 11.9 Å². The largest absolute Gasteiger partial charge is 0.497 e. The third-order valence-electron chi connectivity index (χ3n) is 5.34. The quantitative estimate of drug-likeness (QED) is 0.588. The summed E-state index contributed by atoms with van der Waals surface area (Å²) in [5.74, 6) is 1.70. The molecule has 2 aromatic carbocycles. The molecule has 2 heterocycles. The number of benzene rings is 2. The number of hydrogen-bond acceptors (Lipinski definition) is 5. The van der Waals surface area contributed by atoms with Crippen molar-refractivity contribution in [2.75, 3.05) is 20.8 Å². The van der Waals surface area contributed by atoms with Crippen molar-refractivity contribution in [3.63, 3.8) is 0 Å². The van der Waals surface area contributed by atoms with Crippen LogP contribution in [0.25, 0.3) is 10.6 Å². The second-order valence-electron chi connectivity index (χ2n) is 7.09. The topological polar surface area (TPSA) is 51.7 Å². The number of amides is 1.